The Morgan fingerprint density at radius 2 is 2.00 bits per heavy atom. The summed E-state index contributed by atoms with van der Waals surface area (Å²) in [6.07, 6.45) is 6.79. The Morgan fingerprint density at radius 3 is 2.60 bits per heavy atom. The lowest BCUT2D eigenvalue weighted by molar-refractivity contribution is -0.145. The molecule has 6 heteroatoms. The van der Waals surface area contributed by atoms with E-state index in [4.69, 9.17) is 0 Å². The highest BCUT2D eigenvalue weighted by atomic mass is 16.4. The second kappa shape index (κ2) is 6.70. The topological polar surface area (TPSA) is 84.2 Å². The molecule has 2 aromatic rings. The maximum atomic E-state index is 12.6. The average Bonchev–Trinajstić information content (AvgIpc) is 3.01. The molecule has 0 aliphatic heterocycles. The van der Waals surface area contributed by atoms with Crippen LogP contribution in [0.15, 0.2) is 36.7 Å². The molecule has 1 aliphatic carbocycles. The van der Waals surface area contributed by atoms with Gasteiger partial charge >= 0.3 is 5.97 Å². The molecule has 2 unspecified atom stereocenters. The first kappa shape index (κ1) is 17.2. The maximum Gasteiger partial charge on any atom is 0.308 e. The van der Waals surface area contributed by atoms with Gasteiger partial charge in [0.1, 0.15) is 0 Å². The molecule has 132 valence electrons. The van der Waals surface area contributed by atoms with Crippen molar-refractivity contribution in [1.29, 1.82) is 0 Å². The summed E-state index contributed by atoms with van der Waals surface area (Å²) in [5.74, 6) is -1.62. The van der Waals surface area contributed by atoms with Crippen LogP contribution in [0.25, 0.3) is 5.69 Å². The molecule has 1 fully saturated rings. The molecule has 0 bridgehead atoms. The molecule has 0 radical (unpaired) electrons. The van der Waals surface area contributed by atoms with E-state index >= 15 is 0 Å². The number of carbonyl (C=O) groups excluding carboxylic acids is 1. The number of carboxylic acids is 1. The number of nitrogens with one attached hydrogen (secondary N) is 1. The van der Waals surface area contributed by atoms with Gasteiger partial charge in [0, 0.05) is 11.8 Å². The van der Waals surface area contributed by atoms with Crippen molar-refractivity contribution in [3.05, 3.63) is 47.8 Å². The lowest BCUT2D eigenvalue weighted by Crippen LogP contribution is -2.55. The van der Waals surface area contributed by atoms with Crippen molar-refractivity contribution in [2.45, 2.75) is 45.1 Å². The first-order chi connectivity index (χ1) is 11.9. The van der Waals surface area contributed by atoms with Crippen molar-refractivity contribution in [3.63, 3.8) is 0 Å². The molecule has 1 heterocycles. The van der Waals surface area contributed by atoms with Gasteiger partial charge in [0.15, 0.2) is 0 Å². The Kier molecular flexibility index (Phi) is 4.61. The standard InChI is InChI=1S/C19H23N3O3/c1-13-11-20-22(12-13)15-8-6-14(7-9-15)17(23)21-19(2)10-4-3-5-16(19)18(24)25/h6-9,11-12,16H,3-5,10H2,1-2H3,(H,21,23)(H,24,25). The third-order valence-corrected chi connectivity index (χ3v) is 5.01. The van der Waals surface area contributed by atoms with E-state index < -0.39 is 17.4 Å². The Labute approximate surface area is 146 Å². The van der Waals surface area contributed by atoms with E-state index in [2.05, 4.69) is 10.4 Å². The van der Waals surface area contributed by atoms with Gasteiger partial charge in [0.2, 0.25) is 0 Å². The van der Waals surface area contributed by atoms with Gasteiger partial charge in [-0.2, -0.15) is 5.10 Å². The number of rotatable bonds is 4. The lowest BCUT2D eigenvalue weighted by atomic mass is 9.73. The quantitative estimate of drug-likeness (QED) is 0.895. The van der Waals surface area contributed by atoms with Crippen molar-refractivity contribution in [2.75, 3.05) is 0 Å². The van der Waals surface area contributed by atoms with E-state index in [1.54, 1.807) is 23.0 Å². The maximum absolute atomic E-state index is 12.6. The van der Waals surface area contributed by atoms with E-state index in [1.165, 1.54) is 0 Å². The van der Waals surface area contributed by atoms with Crippen molar-refractivity contribution < 1.29 is 14.7 Å². The van der Waals surface area contributed by atoms with Crippen LogP contribution in [0.4, 0.5) is 0 Å². The van der Waals surface area contributed by atoms with Crippen molar-refractivity contribution >= 4 is 11.9 Å². The van der Waals surface area contributed by atoms with Gasteiger partial charge in [0.05, 0.1) is 23.3 Å². The van der Waals surface area contributed by atoms with Gasteiger partial charge in [-0.25, -0.2) is 4.68 Å². The van der Waals surface area contributed by atoms with Crippen LogP contribution in [0.2, 0.25) is 0 Å². The highest BCUT2D eigenvalue weighted by Gasteiger charge is 2.42. The molecule has 1 saturated carbocycles. The number of hydrogen-bond acceptors (Lipinski definition) is 3. The fourth-order valence-corrected chi connectivity index (χ4v) is 3.53. The SMILES string of the molecule is Cc1cnn(-c2ccc(C(=O)NC3(C)CCCCC3C(=O)O)cc2)c1. The highest BCUT2D eigenvalue weighted by Crippen LogP contribution is 2.34. The summed E-state index contributed by atoms with van der Waals surface area (Å²) in [7, 11) is 0. The molecular weight excluding hydrogens is 318 g/mol. The second-order valence-corrected chi connectivity index (χ2v) is 7.02. The first-order valence-corrected chi connectivity index (χ1v) is 8.56. The molecule has 1 amide bonds. The van der Waals surface area contributed by atoms with Crippen LogP contribution < -0.4 is 5.32 Å². The predicted octanol–water partition coefficient (Wildman–Crippen LogP) is 2.94. The number of hydrogen-bond donors (Lipinski definition) is 2. The molecule has 6 nitrogen and oxygen atoms in total. The summed E-state index contributed by atoms with van der Waals surface area (Å²) in [6.45, 7) is 3.80. The van der Waals surface area contributed by atoms with Crippen LogP contribution in [0, 0.1) is 12.8 Å². The molecule has 2 atom stereocenters. The Bertz CT molecular complexity index is 781. The van der Waals surface area contributed by atoms with Gasteiger partial charge < -0.3 is 10.4 Å². The number of aryl methyl sites for hydroxylation is 1. The van der Waals surface area contributed by atoms with Crippen molar-refractivity contribution in [2.24, 2.45) is 5.92 Å². The average molecular weight is 341 g/mol. The van der Waals surface area contributed by atoms with E-state index in [0.29, 0.717) is 18.4 Å². The van der Waals surface area contributed by atoms with E-state index in [9.17, 15) is 14.7 Å². The van der Waals surface area contributed by atoms with E-state index in [1.807, 2.05) is 32.2 Å². The van der Waals surface area contributed by atoms with Gasteiger partial charge in [-0.1, -0.05) is 12.8 Å². The zero-order valence-corrected chi connectivity index (χ0v) is 14.5. The zero-order valence-electron chi connectivity index (χ0n) is 14.5. The fraction of sp³-hybridized carbons (Fsp3) is 0.421. The normalized spacial score (nSPS) is 23.2. The van der Waals surface area contributed by atoms with E-state index in [-0.39, 0.29) is 5.91 Å². The van der Waals surface area contributed by atoms with Crippen LogP contribution in [0.1, 0.15) is 48.5 Å². The number of carboxylic acid groups (broad SMARTS) is 1. The van der Waals surface area contributed by atoms with Crippen molar-refractivity contribution in [1.82, 2.24) is 15.1 Å². The number of benzene rings is 1. The minimum atomic E-state index is -0.841. The fourth-order valence-electron chi connectivity index (χ4n) is 3.53. The van der Waals surface area contributed by atoms with Gasteiger partial charge in [0.25, 0.3) is 5.91 Å². The molecule has 2 N–H and O–H groups in total. The second-order valence-electron chi connectivity index (χ2n) is 7.02. The monoisotopic (exact) mass is 341 g/mol. The van der Waals surface area contributed by atoms with Gasteiger partial charge in [-0.05, 0) is 56.5 Å². The minimum absolute atomic E-state index is 0.237. The van der Waals surface area contributed by atoms with Crippen LogP contribution in [0.5, 0.6) is 0 Å². The highest BCUT2D eigenvalue weighted by molar-refractivity contribution is 5.95. The molecule has 3 rings (SSSR count). The van der Waals surface area contributed by atoms with Gasteiger partial charge in [-0.15, -0.1) is 0 Å². The zero-order chi connectivity index (χ0) is 18.0. The van der Waals surface area contributed by atoms with Crippen LogP contribution >= 0.6 is 0 Å². The Morgan fingerprint density at radius 1 is 1.28 bits per heavy atom. The molecule has 25 heavy (non-hydrogen) atoms. The Hall–Kier alpha value is -2.63. The summed E-state index contributed by atoms with van der Waals surface area (Å²) in [6, 6.07) is 7.14. The van der Waals surface area contributed by atoms with E-state index in [0.717, 1.165) is 24.1 Å². The number of amides is 1. The molecule has 1 aliphatic rings. The van der Waals surface area contributed by atoms with Crippen LogP contribution in [-0.2, 0) is 4.79 Å². The van der Waals surface area contributed by atoms with Crippen molar-refractivity contribution in [3.8, 4) is 5.69 Å². The third-order valence-electron chi connectivity index (χ3n) is 5.01. The number of nitrogens with zero attached hydrogens (tertiary/aromatic N) is 2. The number of carbonyl (C=O) groups is 2. The number of aromatic nitrogens is 2. The summed E-state index contributed by atoms with van der Waals surface area (Å²) in [5, 5.41) is 16.7. The smallest absolute Gasteiger partial charge is 0.308 e. The molecule has 0 saturated heterocycles. The number of aliphatic carboxylic acids is 1. The molecule has 1 aromatic heterocycles. The van der Waals surface area contributed by atoms with Gasteiger partial charge in [-0.3, -0.25) is 9.59 Å². The lowest BCUT2D eigenvalue weighted by Gasteiger charge is -2.39. The summed E-state index contributed by atoms with van der Waals surface area (Å²) < 4.78 is 1.75. The predicted molar refractivity (Wildman–Crippen MR) is 93.8 cm³/mol. The summed E-state index contributed by atoms with van der Waals surface area (Å²) in [4.78, 5) is 24.1. The molecule has 1 aromatic carbocycles. The molecular formula is C19H23N3O3. The van der Waals surface area contributed by atoms with Crippen LogP contribution in [-0.4, -0.2) is 32.3 Å². The van der Waals surface area contributed by atoms with Crippen LogP contribution in [0.3, 0.4) is 0 Å². The minimum Gasteiger partial charge on any atom is -0.481 e. The largest absolute Gasteiger partial charge is 0.481 e. The first-order valence-electron chi connectivity index (χ1n) is 8.56. The summed E-state index contributed by atoms with van der Waals surface area (Å²) in [5.41, 5.74) is 1.74. The third kappa shape index (κ3) is 3.57. The molecule has 0 spiro atoms. The summed E-state index contributed by atoms with van der Waals surface area (Å²) >= 11 is 0. The Balaban J connectivity index is 1.75.